The molecule has 1 aromatic carbocycles. The first kappa shape index (κ1) is 22.0. The molecule has 2 aromatic rings. The lowest BCUT2D eigenvalue weighted by Gasteiger charge is -2.15. The monoisotopic (exact) mass is 428 g/mol. The van der Waals surface area contributed by atoms with E-state index in [0.717, 1.165) is 29.0 Å². The van der Waals surface area contributed by atoms with Gasteiger partial charge in [0, 0.05) is 23.4 Å². The first-order chi connectivity index (χ1) is 14.2. The van der Waals surface area contributed by atoms with Crippen molar-refractivity contribution in [1.82, 2.24) is 15.2 Å². The molecule has 3 rings (SSSR count). The molecule has 1 aliphatic heterocycles. The Balaban J connectivity index is 1.54. The van der Waals surface area contributed by atoms with Crippen molar-refractivity contribution in [2.24, 2.45) is 0 Å². The average molecular weight is 429 g/mol. The zero-order valence-electron chi connectivity index (χ0n) is 17.9. The first-order valence-corrected chi connectivity index (χ1v) is 11.0. The number of hydrogen-bond acceptors (Lipinski definition) is 5. The molecule has 8 heteroatoms. The standard InChI is InChI=1S/C22H28N4O3S/c1-5-7-15-9-11-16(12-10-15)18-14(2)30-20(24-18)23-17(27)8-6-13-26-19(28)22(3,4)25-21(26)29/h9-12H,5-8,13H2,1-4H3,(H,25,29)(H,23,24,27). The highest BCUT2D eigenvalue weighted by Crippen LogP contribution is 2.30. The van der Waals surface area contributed by atoms with E-state index in [0.29, 0.717) is 11.6 Å². The summed E-state index contributed by atoms with van der Waals surface area (Å²) >= 11 is 1.44. The fourth-order valence-corrected chi connectivity index (χ4v) is 4.29. The van der Waals surface area contributed by atoms with Gasteiger partial charge in [0.1, 0.15) is 5.54 Å². The third-order valence-electron chi connectivity index (χ3n) is 5.04. The average Bonchev–Trinajstić information content (AvgIpc) is 3.13. The number of nitrogens with one attached hydrogen (secondary N) is 2. The van der Waals surface area contributed by atoms with Crippen molar-refractivity contribution >= 4 is 34.3 Å². The smallest absolute Gasteiger partial charge is 0.324 e. The summed E-state index contributed by atoms with van der Waals surface area (Å²) in [5.74, 6) is -0.446. The highest BCUT2D eigenvalue weighted by molar-refractivity contribution is 7.16. The maximum absolute atomic E-state index is 12.3. The number of carbonyl (C=O) groups is 3. The third-order valence-corrected chi connectivity index (χ3v) is 5.93. The van der Waals surface area contributed by atoms with Crippen LogP contribution in [0.25, 0.3) is 11.3 Å². The number of rotatable bonds is 8. The topological polar surface area (TPSA) is 91.4 Å². The quantitative estimate of drug-likeness (QED) is 0.619. The number of urea groups is 1. The van der Waals surface area contributed by atoms with E-state index < -0.39 is 11.6 Å². The van der Waals surface area contributed by atoms with Crippen LogP contribution in [0.3, 0.4) is 0 Å². The second kappa shape index (κ2) is 8.95. The fraction of sp³-hybridized carbons (Fsp3) is 0.455. The second-order valence-corrected chi connectivity index (χ2v) is 9.24. The molecule has 30 heavy (non-hydrogen) atoms. The summed E-state index contributed by atoms with van der Waals surface area (Å²) in [7, 11) is 0. The Labute approximate surface area is 180 Å². The second-order valence-electron chi connectivity index (χ2n) is 8.03. The Bertz CT molecular complexity index is 950. The van der Waals surface area contributed by atoms with Crippen LogP contribution in [0.5, 0.6) is 0 Å². The number of aromatic nitrogens is 1. The zero-order valence-corrected chi connectivity index (χ0v) is 18.7. The van der Waals surface area contributed by atoms with Gasteiger partial charge in [-0.25, -0.2) is 9.78 Å². The third kappa shape index (κ3) is 4.87. The minimum Gasteiger partial charge on any atom is -0.324 e. The highest BCUT2D eigenvalue weighted by atomic mass is 32.1. The zero-order chi connectivity index (χ0) is 21.9. The van der Waals surface area contributed by atoms with Crippen molar-refractivity contribution in [3.05, 3.63) is 34.7 Å². The predicted octanol–water partition coefficient (Wildman–Crippen LogP) is 4.12. The molecular formula is C22H28N4O3S. The van der Waals surface area contributed by atoms with E-state index in [4.69, 9.17) is 0 Å². The molecule has 0 bridgehead atoms. The van der Waals surface area contributed by atoms with Crippen LogP contribution in [0.1, 0.15) is 50.5 Å². The molecule has 2 heterocycles. The number of anilines is 1. The minimum absolute atomic E-state index is 0.181. The Morgan fingerprint density at radius 3 is 2.53 bits per heavy atom. The summed E-state index contributed by atoms with van der Waals surface area (Å²) in [6, 6.07) is 7.96. The number of nitrogens with zero attached hydrogens (tertiary/aromatic N) is 2. The minimum atomic E-state index is -0.886. The van der Waals surface area contributed by atoms with Gasteiger partial charge in [-0.3, -0.25) is 14.5 Å². The molecule has 1 saturated heterocycles. The van der Waals surface area contributed by atoms with Crippen molar-refractivity contribution in [3.8, 4) is 11.3 Å². The van der Waals surface area contributed by atoms with Gasteiger partial charge in [-0.15, -0.1) is 11.3 Å². The van der Waals surface area contributed by atoms with Crippen LogP contribution in [-0.2, 0) is 16.0 Å². The molecule has 0 saturated carbocycles. The van der Waals surface area contributed by atoms with Crippen molar-refractivity contribution in [3.63, 3.8) is 0 Å². The largest absolute Gasteiger partial charge is 0.325 e. The number of amides is 4. The Morgan fingerprint density at radius 1 is 1.23 bits per heavy atom. The van der Waals surface area contributed by atoms with Gasteiger partial charge < -0.3 is 10.6 Å². The van der Waals surface area contributed by atoms with E-state index in [9.17, 15) is 14.4 Å². The lowest BCUT2D eigenvalue weighted by Crippen LogP contribution is -2.40. The Morgan fingerprint density at radius 2 is 1.93 bits per heavy atom. The Hall–Kier alpha value is -2.74. The van der Waals surface area contributed by atoms with Crippen LogP contribution in [-0.4, -0.2) is 39.8 Å². The van der Waals surface area contributed by atoms with Crippen molar-refractivity contribution < 1.29 is 14.4 Å². The van der Waals surface area contributed by atoms with E-state index in [-0.39, 0.29) is 24.8 Å². The SMILES string of the molecule is CCCc1ccc(-c2nc(NC(=O)CCCN3C(=O)NC(C)(C)C3=O)sc2C)cc1. The van der Waals surface area contributed by atoms with E-state index in [1.807, 2.05) is 6.92 Å². The molecule has 1 aromatic heterocycles. The molecule has 0 spiro atoms. The van der Waals surface area contributed by atoms with Crippen LogP contribution >= 0.6 is 11.3 Å². The van der Waals surface area contributed by atoms with Gasteiger partial charge in [0.05, 0.1) is 5.69 Å². The Kier molecular flexibility index (Phi) is 6.55. The molecule has 4 amide bonds. The van der Waals surface area contributed by atoms with E-state index in [1.54, 1.807) is 13.8 Å². The normalized spacial score (nSPS) is 15.4. The van der Waals surface area contributed by atoms with Gasteiger partial charge in [-0.05, 0) is 39.2 Å². The van der Waals surface area contributed by atoms with Crippen LogP contribution in [0.2, 0.25) is 0 Å². The summed E-state index contributed by atoms with van der Waals surface area (Å²) in [5.41, 5.74) is 2.32. The number of benzene rings is 1. The summed E-state index contributed by atoms with van der Waals surface area (Å²) < 4.78 is 0. The van der Waals surface area contributed by atoms with E-state index in [1.165, 1.54) is 21.8 Å². The molecular weight excluding hydrogens is 400 g/mol. The van der Waals surface area contributed by atoms with Crippen molar-refractivity contribution in [2.75, 3.05) is 11.9 Å². The molecule has 7 nitrogen and oxygen atoms in total. The van der Waals surface area contributed by atoms with Crippen LogP contribution in [0.15, 0.2) is 24.3 Å². The van der Waals surface area contributed by atoms with E-state index in [2.05, 4.69) is 46.8 Å². The number of aryl methyl sites for hydroxylation is 2. The molecule has 0 atom stereocenters. The molecule has 2 N–H and O–H groups in total. The van der Waals surface area contributed by atoms with Crippen molar-refractivity contribution in [2.45, 2.75) is 58.9 Å². The van der Waals surface area contributed by atoms with Gasteiger partial charge in [0.2, 0.25) is 5.91 Å². The van der Waals surface area contributed by atoms with Gasteiger partial charge in [0.25, 0.3) is 5.91 Å². The molecule has 1 aliphatic rings. The number of imide groups is 1. The molecule has 0 aliphatic carbocycles. The first-order valence-electron chi connectivity index (χ1n) is 10.2. The summed E-state index contributed by atoms with van der Waals surface area (Å²) in [6.07, 6.45) is 2.77. The summed E-state index contributed by atoms with van der Waals surface area (Å²) in [5, 5.41) is 6.02. The lowest BCUT2D eigenvalue weighted by atomic mass is 10.1. The molecule has 0 radical (unpaired) electrons. The summed E-state index contributed by atoms with van der Waals surface area (Å²) in [4.78, 5) is 43.1. The lowest BCUT2D eigenvalue weighted by molar-refractivity contribution is -0.130. The molecule has 0 unspecified atom stereocenters. The van der Waals surface area contributed by atoms with Crippen LogP contribution in [0, 0.1) is 6.92 Å². The highest BCUT2D eigenvalue weighted by Gasteiger charge is 2.43. The van der Waals surface area contributed by atoms with Gasteiger partial charge >= 0.3 is 6.03 Å². The maximum atomic E-state index is 12.3. The fourth-order valence-electron chi connectivity index (χ4n) is 3.44. The molecule has 1 fully saturated rings. The van der Waals surface area contributed by atoms with Crippen LogP contribution < -0.4 is 10.6 Å². The summed E-state index contributed by atoms with van der Waals surface area (Å²) in [6.45, 7) is 7.70. The van der Waals surface area contributed by atoms with Gasteiger partial charge in [-0.1, -0.05) is 37.6 Å². The van der Waals surface area contributed by atoms with E-state index >= 15 is 0 Å². The molecule has 160 valence electrons. The van der Waals surface area contributed by atoms with Gasteiger partial charge in [-0.2, -0.15) is 0 Å². The van der Waals surface area contributed by atoms with Crippen molar-refractivity contribution in [1.29, 1.82) is 0 Å². The van der Waals surface area contributed by atoms with Gasteiger partial charge in [0.15, 0.2) is 5.13 Å². The van der Waals surface area contributed by atoms with Crippen LogP contribution in [0.4, 0.5) is 9.93 Å². The maximum Gasteiger partial charge on any atom is 0.325 e. The number of hydrogen-bond donors (Lipinski definition) is 2. The number of carbonyl (C=O) groups excluding carboxylic acids is 3. The predicted molar refractivity (Wildman–Crippen MR) is 118 cm³/mol. The number of thiazole rings is 1.